The van der Waals surface area contributed by atoms with E-state index >= 15 is 0 Å². The van der Waals surface area contributed by atoms with Gasteiger partial charge >= 0.3 is 0 Å². The molecule has 1 fully saturated rings. The minimum atomic E-state index is 0.327. The monoisotopic (exact) mass is 439 g/mol. The van der Waals surface area contributed by atoms with Crippen molar-refractivity contribution in [3.8, 4) is 22.1 Å². The van der Waals surface area contributed by atoms with E-state index in [-0.39, 0.29) is 0 Å². The first kappa shape index (κ1) is 17.7. The Balaban J connectivity index is 1.27. The van der Waals surface area contributed by atoms with E-state index in [2.05, 4.69) is 52.0 Å². The molecule has 0 amide bonds. The van der Waals surface area contributed by atoms with E-state index in [1.807, 2.05) is 12.1 Å². The van der Waals surface area contributed by atoms with Gasteiger partial charge in [0, 0.05) is 35.5 Å². The summed E-state index contributed by atoms with van der Waals surface area (Å²) in [5.74, 6) is 3.85. The highest BCUT2D eigenvalue weighted by Gasteiger charge is 2.32. The summed E-state index contributed by atoms with van der Waals surface area (Å²) in [5.41, 5.74) is 1.05. The van der Waals surface area contributed by atoms with Crippen LogP contribution in [0.1, 0.15) is 24.9 Å². The normalized spacial score (nSPS) is 18.3. The summed E-state index contributed by atoms with van der Waals surface area (Å²) in [6.45, 7) is 0. The van der Waals surface area contributed by atoms with Gasteiger partial charge in [-0.2, -0.15) is 0 Å². The highest BCUT2D eigenvalue weighted by Crippen LogP contribution is 2.43. The first-order valence-electron chi connectivity index (χ1n) is 9.48. The van der Waals surface area contributed by atoms with Gasteiger partial charge in [-0.1, -0.05) is 29.6 Å². The lowest BCUT2D eigenvalue weighted by Crippen LogP contribution is -2.12. The molecule has 1 aliphatic heterocycles. The second kappa shape index (κ2) is 7.26. The molecule has 0 saturated heterocycles. The number of nitrogens with zero attached hydrogens (tertiary/aromatic N) is 7. The zero-order valence-corrected chi connectivity index (χ0v) is 17.8. The Bertz CT molecular complexity index is 1130. The average Bonchev–Trinajstić information content (AvgIpc) is 3.18. The van der Waals surface area contributed by atoms with Crippen molar-refractivity contribution >= 4 is 34.9 Å². The van der Waals surface area contributed by atoms with Crippen LogP contribution in [-0.2, 0) is 0 Å². The second-order valence-corrected chi connectivity index (χ2v) is 9.99. The number of hydrogen-bond acceptors (Lipinski definition) is 8. The molecule has 4 aromatic rings. The molecule has 0 bridgehead atoms. The Morgan fingerprint density at radius 3 is 2.66 bits per heavy atom. The number of thiophene rings is 1. The molecule has 0 aromatic carbocycles. The van der Waals surface area contributed by atoms with Crippen LogP contribution in [0.15, 0.2) is 52.4 Å². The number of rotatable bonds is 6. The van der Waals surface area contributed by atoms with E-state index in [1.54, 1.807) is 47.3 Å². The van der Waals surface area contributed by atoms with Gasteiger partial charge in [0.15, 0.2) is 22.0 Å². The lowest BCUT2D eigenvalue weighted by molar-refractivity contribution is 0.594. The first-order valence-corrected chi connectivity index (χ1v) is 12.3. The molecule has 6 rings (SSSR count). The zero-order valence-electron chi connectivity index (χ0n) is 15.4. The molecule has 0 N–H and O–H groups in total. The fraction of sp³-hybridized carbons (Fsp3) is 0.316. The van der Waals surface area contributed by atoms with Gasteiger partial charge in [-0.15, -0.1) is 31.7 Å². The Kier molecular flexibility index (Phi) is 4.42. The molecule has 7 nitrogen and oxygen atoms in total. The lowest BCUT2D eigenvalue weighted by Gasteiger charge is -2.14. The molecule has 0 radical (unpaired) electrons. The van der Waals surface area contributed by atoms with Crippen LogP contribution in [0.25, 0.3) is 22.1 Å². The van der Waals surface area contributed by atoms with Crippen LogP contribution in [0.5, 0.6) is 0 Å². The van der Waals surface area contributed by atoms with E-state index in [0.717, 1.165) is 39.0 Å². The maximum atomic E-state index is 4.55. The molecular formula is C19H17N7S3. The molecule has 1 saturated carbocycles. The molecule has 0 spiro atoms. The third kappa shape index (κ3) is 3.19. The van der Waals surface area contributed by atoms with Gasteiger partial charge in [0.2, 0.25) is 0 Å². The van der Waals surface area contributed by atoms with Crippen molar-refractivity contribution in [2.75, 3.05) is 11.5 Å². The number of thioether (sulfide) groups is 2. The minimum Gasteiger partial charge on any atom is -0.298 e. The molecule has 10 heteroatoms. The van der Waals surface area contributed by atoms with Crippen molar-refractivity contribution in [2.24, 2.45) is 0 Å². The van der Waals surface area contributed by atoms with Gasteiger partial charge in [-0.05, 0) is 36.4 Å². The van der Waals surface area contributed by atoms with Crippen LogP contribution in [0.2, 0.25) is 0 Å². The summed E-state index contributed by atoms with van der Waals surface area (Å²) in [5, 5.41) is 22.0. The van der Waals surface area contributed by atoms with Crippen LogP contribution in [-0.4, -0.2) is 46.0 Å². The lowest BCUT2D eigenvalue weighted by atomic mass is 10.2. The average molecular weight is 440 g/mol. The van der Waals surface area contributed by atoms with Gasteiger partial charge in [-0.25, -0.2) is 0 Å². The van der Waals surface area contributed by atoms with Gasteiger partial charge in [0.25, 0.3) is 0 Å². The molecule has 1 atom stereocenters. The Morgan fingerprint density at radius 1 is 1.00 bits per heavy atom. The summed E-state index contributed by atoms with van der Waals surface area (Å²) in [7, 11) is 0. The van der Waals surface area contributed by atoms with Crippen LogP contribution < -0.4 is 0 Å². The fourth-order valence-electron chi connectivity index (χ4n) is 3.55. The first-order chi connectivity index (χ1) is 14.4. The van der Waals surface area contributed by atoms with Crippen LogP contribution in [0, 0.1) is 0 Å². The van der Waals surface area contributed by atoms with E-state index < -0.39 is 0 Å². The quantitative estimate of drug-likeness (QED) is 0.411. The third-order valence-corrected chi connectivity index (χ3v) is 8.14. The summed E-state index contributed by atoms with van der Waals surface area (Å²) in [6.07, 6.45) is 6.02. The van der Waals surface area contributed by atoms with Crippen molar-refractivity contribution in [2.45, 2.75) is 35.2 Å². The van der Waals surface area contributed by atoms with Gasteiger partial charge in [0.1, 0.15) is 0 Å². The van der Waals surface area contributed by atoms with Gasteiger partial charge in [-0.3, -0.25) is 14.1 Å². The molecule has 29 heavy (non-hydrogen) atoms. The van der Waals surface area contributed by atoms with Crippen molar-refractivity contribution in [3.63, 3.8) is 0 Å². The number of fused-ring (bicyclic) bond motifs is 1. The van der Waals surface area contributed by atoms with Gasteiger partial charge < -0.3 is 0 Å². The molecule has 4 aromatic heterocycles. The Labute approximate surface area is 180 Å². The zero-order chi connectivity index (χ0) is 19.2. The summed E-state index contributed by atoms with van der Waals surface area (Å²) < 4.78 is 4.61. The highest BCUT2D eigenvalue weighted by molar-refractivity contribution is 8.00. The summed E-state index contributed by atoms with van der Waals surface area (Å²) >= 11 is 5.29. The highest BCUT2D eigenvalue weighted by atomic mass is 32.2. The second-order valence-electron chi connectivity index (χ2n) is 7.07. The van der Waals surface area contributed by atoms with Crippen molar-refractivity contribution in [1.29, 1.82) is 0 Å². The molecular weight excluding hydrogens is 422 g/mol. The molecule has 1 aliphatic carbocycles. The fourth-order valence-corrected chi connectivity index (χ4v) is 6.57. The summed E-state index contributed by atoms with van der Waals surface area (Å²) in [4.78, 5) is 5.30. The maximum Gasteiger partial charge on any atom is 0.191 e. The topological polar surface area (TPSA) is 74.3 Å². The standard InChI is InChI=1S/C19H17N7S3/c1-2-15(27-9-1)17-22-24-18(25(17)13-3-4-13)28-10-14-11-29-19-23-21-16(26(14)19)12-5-7-20-8-6-12/h1-2,5-9,13-14H,3-4,10-11H2/t14-/m0/s1. The molecule has 5 heterocycles. The van der Waals surface area contributed by atoms with E-state index in [4.69, 9.17) is 0 Å². The maximum absolute atomic E-state index is 4.55. The van der Waals surface area contributed by atoms with Gasteiger partial charge in [0.05, 0.1) is 10.9 Å². The van der Waals surface area contributed by atoms with Crippen molar-refractivity contribution in [3.05, 3.63) is 42.0 Å². The smallest absolute Gasteiger partial charge is 0.191 e. The molecule has 146 valence electrons. The Hall–Kier alpha value is -2.17. The number of hydrogen-bond donors (Lipinski definition) is 0. The van der Waals surface area contributed by atoms with Crippen molar-refractivity contribution in [1.82, 2.24) is 34.5 Å². The van der Waals surface area contributed by atoms with E-state index in [9.17, 15) is 0 Å². The molecule has 0 unspecified atom stereocenters. The predicted molar refractivity (Wildman–Crippen MR) is 115 cm³/mol. The molecule has 2 aliphatic rings. The number of aromatic nitrogens is 7. The van der Waals surface area contributed by atoms with Crippen LogP contribution >= 0.6 is 34.9 Å². The summed E-state index contributed by atoms with van der Waals surface area (Å²) in [6, 6.07) is 9.04. The predicted octanol–water partition coefficient (Wildman–Crippen LogP) is 4.43. The van der Waals surface area contributed by atoms with E-state index in [1.165, 1.54) is 17.7 Å². The number of pyridine rings is 1. The minimum absolute atomic E-state index is 0.327. The van der Waals surface area contributed by atoms with Crippen LogP contribution in [0.4, 0.5) is 0 Å². The van der Waals surface area contributed by atoms with E-state index in [0.29, 0.717) is 12.1 Å². The largest absolute Gasteiger partial charge is 0.298 e. The Morgan fingerprint density at radius 2 is 1.86 bits per heavy atom. The van der Waals surface area contributed by atoms with Crippen molar-refractivity contribution < 1.29 is 0 Å². The van der Waals surface area contributed by atoms with Crippen LogP contribution in [0.3, 0.4) is 0 Å². The third-order valence-electron chi connectivity index (χ3n) is 5.10. The SMILES string of the molecule is c1csc(-c2nnc(SC[C@H]3CSc4nnc(-c5ccncc5)n43)n2C2CC2)c1.